The van der Waals surface area contributed by atoms with Crippen molar-refractivity contribution in [3.63, 3.8) is 0 Å². The summed E-state index contributed by atoms with van der Waals surface area (Å²) in [5.41, 5.74) is 5.97. The molecule has 0 heterocycles. The molecule has 196 valence electrons. The molecule has 3 rings (SSSR count). The van der Waals surface area contributed by atoms with Gasteiger partial charge in [-0.25, -0.2) is 8.42 Å². The summed E-state index contributed by atoms with van der Waals surface area (Å²) >= 11 is 3.23. The van der Waals surface area contributed by atoms with Crippen molar-refractivity contribution in [2.24, 2.45) is 11.7 Å². The van der Waals surface area contributed by atoms with Crippen LogP contribution in [-0.4, -0.2) is 45.3 Å². The van der Waals surface area contributed by atoms with Crippen molar-refractivity contribution in [3.8, 4) is 11.5 Å². The summed E-state index contributed by atoms with van der Waals surface area (Å²) in [7, 11) is -3.19. The summed E-state index contributed by atoms with van der Waals surface area (Å²) in [5, 5.41) is -1.96. The van der Waals surface area contributed by atoms with Crippen molar-refractivity contribution in [2.75, 3.05) is 13.7 Å². The number of alkyl halides is 3. The van der Waals surface area contributed by atoms with E-state index < -0.39 is 56.1 Å². The van der Waals surface area contributed by atoms with E-state index in [0.29, 0.717) is 10.2 Å². The normalized spacial score (nSPS) is 13.5. The minimum absolute atomic E-state index is 0.000885. The number of sulfone groups is 1. The molecule has 0 aromatic heterocycles. The van der Waals surface area contributed by atoms with Gasteiger partial charge in [-0.1, -0.05) is 28.1 Å². The van der Waals surface area contributed by atoms with Gasteiger partial charge in [-0.05, 0) is 60.7 Å². The monoisotopic (exact) mass is 599 g/mol. The Bertz CT molecular complexity index is 1380. The van der Waals surface area contributed by atoms with Crippen LogP contribution in [0.25, 0.3) is 0 Å². The van der Waals surface area contributed by atoms with Crippen molar-refractivity contribution >= 4 is 37.3 Å². The Balaban J connectivity index is 2.10. The van der Waals surface area contributed by atoms with E-state index in [9.17, 15) is 31.2 Å². The van der Waals surface area contributed by atoms with Crippen LogP contribution in [-0.2, 0) is 9.84 Å². The molecule has 2 N–H and O–H groups in total. The Morgan fingerprint density at radius 2 is 1.51 bits per heavy atom. The standard InChI is InChI=1S/C25H21BrF3NO6S/c1-35-18-7-5-15(6-8-18)22(31)21(14-30)24(23(32)16-3-2-4-17(26)13-16)37(33,34)20-11-9-19(10-12-20)36-25(27,28)29/h2-13,21,24H,14,30H2,1H3. The molecule has 3 aromatic carbocycles. The third-order valence-corrected chi connectivity index (χ3v) is 8.05. The zero-order chi connectivity index (χ0) is 27.4. The Morgan fingerprint density at radius 1 is 0.919 bits per heavy atom. The Labute approximate surface area is 219 Å². The molecule has 0 aliphatic heterocycles. The molecule has 0 spiro atoms. The van der Waals surface area contributed by atoms with Gasteiger partial charge in [0.2, 0.25) is 0 Å². The maximum Gasteiger partial charge on any atom is 0.573 e. The van der Waals surface area contributed by atoms with Gasteiger partial charge in [-0.2, -0.15) is 0 Å². The Morgan fingerprint density at radius 3 is 2.03 bits per heavy atom. The van der Waals surface area contributed by atoms with Gasteiger partial charge in [0.05, 0.1) is 17.9 Å². The van der Waals surface area contributed by atoms with Crippen LogP contribution < -0.4 is 15.2 Å². The molecule has 37 heavy (non-hydrogen) atoms. The van der Waals surface area contributed by atoms with E-state index >= 15 is 0 Å². The Hall–Kier alpha value is -3.22. The van der Waals surface area contributed by atoms with E-state index in [2.05, 4.69) is 20.7 Å². The van der Waals surface area contributed by atoms with E-state index in [1.807, 2.05) is 0 Å². The summed E-state index contributed by atoms with van der Waals surface area (Å²) in [6.07, 6.45) is -4.98. The van der Waals surface area contributed by atoms with Crippen LogP contribution in [0.1, 0.15) is 20.7 Å². The lowest BCUT2D eigenvalue weighted by atomic mass is 9.90. The van der Waals surface area contributed by atoms with E-state index in [1.165, 1.54) is 49.6 Å². The average molecular weight is 600 g/mol. The predicted octanol–water partition coefficient (Wildman–Crippen LogP) is 4.84. The quantitative estimate of drug-likeness (QED) is 0.332. The zero-order valence-corrected chi connectivity index (χ0v) is 21.6. The largest absolute Gasteiger partial charge is 0.573 e. The minimum atomic E-state index is -4.98. The summed E-state index contributed by atoms with van der Waals surface area (Å²) in [6, 6.07) is 15.1. The first-order valence-electron chi connectivity index (χ1n) is 10.6. The second kappa shape index (κ2) is 11.4. The molecule has 0 saturated heterocycles. The smallest absolute Gasteiger partial charge is 0.497 e. The number of benzene rings is 3. The van der Waals surface area contributed by atoms with E-state index in [4.69, 9.17) is 10.5 Å². The molecule has 0 aliphatic rings. The number of methoxy groups -OCH3 is 1. The van der Waals surface area contributed by atoms with Crippen molar-refractivity contribution in [3.05, 3.63) is 88.4 Å². The highest BCUT2D eigenvalue weighted by Crippen LogP contribution is 2.31. The van der Waals surface area contributed by atoms with Crippen molar-refractivity contribution in [1.82, 2.24) is 0 Å². The van der Waals surface area contributed by atoms with Crippen molar-refractivity contribution in [2.45, 2.75) is 16.5 Å². The second-order valence-corrected chi connectivity index (χ2v) is 10.8. The molecular weight excluding hydrogens is 579 g/mol. The number of carbonyl (C=O) groups is 2. The van der Waals surface area contributed by atoms with Gasteiger partial charge in [0.1, 0.15) is 16.7 Å². The van der Waals surface area contributed by atoms with Crippen molar-refractivity contribution < 1.29 is 40.7 Å². The number of nitrogens with two attached hydrogens (primary N) is 1. The lowest BCUT2D eigenvalue weighted by Gasteiger charge is -2.25. The fraction of sp³-hybridized carbons (Fsp3) is 0.200. The maximum atomic E-state index is 13.7. The van der Waals surface area contributed by atoms with Gasteiger partial charge >= 0.3 is 6.36 Å². The fourth-order valence-corrected chi connectivity index (χ4v) is 5.95. The molecule has 0 radical (unpaired) electrons. The lowest BCUT2D eigenvalue weighted by Crippen LogP contribution is -2.45. The van der Waals surface area contributed by atoms with Crippen LogP contribution in [0.2, 0.25) is 0 Å². The van der Waals surface area contributed by atoms with E-state index in [0.717, 1.165) is 24.3 Å². The van der Waals surface area contributed by atoms with Gasteiger partial charge in [0.15, 0.2) is 21.4 Å². The van der Waals surface area contributed by atoms with Crippen LogP contribution >= 0.6 is 15.9 Å². The average Bonchev–Trinajstić information content (AvgIpc) is 2.85. The molecule has 0 aliphatic carbocycles. The Kier molecular flexibility index (Phi) is 8.77. The predicted molar refractivity (Wildman–Crippen MR) is 132 cm³/mol. The van der Waals surface area contributed by atoms with Crippen LogP contribution in [0.3, 0.4) is 0 Å². The number of ether oxygens (including phenoxy) is 2. The number of hydrogen-bond donors (Lipinski definition) is 1. The number of carbonyl (C=O) groups excluding carboxylic acids is 2. The van der Waals surface area contributed by atoms with Crippen LogP contribution in [0.4, 0.5) is 13.2 Å². The highest BCUT2D eigenvalue weighted by atomic mass is 79.9. The third kappa shape index (κ3) is 6.76. The molecule has 12 heteroatoms. The van der Waals surface area contributed by atoms with Gasteiger partial charge in [0, 0.05) is 22.1 Å². The number of halogens is 4. The highest BCUT2D eigenvalue weighted by Gasteiger charge is 2.44. The molecular formula is C25H21BrF3NO6S. The SMILES string of the molecule is COc1ccc(C(=O)C(CN)C(C(=O)c2cccc(Br)c2)S(=O)(=O)c2ccc(OC(F)(F)F)cc2)cc1. The van der Waals surface area contributed by atoms with Crippen molar-refractivity contribution in [1.29, 1.82) is 0 Å². The first kappa shape index (κ1) is 28.4. The molecule has 2 atom stereocenters. The second-order valence-electron chi connectivity index (χ2n) is 7.79. The van der Waals surface area contributed by atoms with Gasteiger partial charge < -0.3 is 15.2 Å². The van der Waals surface area contributed by atoms with Crippen LogP contribution in [0, 0.1) is 5.92 Å². The summed E-state index contributed by atoms with van der Waals surface area (Å²) in [5.74, 6) is -3.29. The van der Waals surface area contributed by atoms with E-state index in [1.54, 1.807) is 6.07 Å². The molecule has 0 bridgehead atoms. The van der Waals surface area contributed by atoms with Crippen LogP contribution in [0.15, 0.2) is 82.2 Å². The molecule has 7 nitrogen and oxygen atoms in total. The fourth-order valence-electron chi connectivity index (χ4n) is 3.66. The first-order valence-corrected chi connectivity index (χ1v) is 13.0. The van der Waals surface area contributed by atoms with Gasteiger partial charge in [-0.3, -0.25) is 9.59 Å². The third-order valence-electron chi connectivity index (χ3n) is 5.42. The van der Waals surface area contributed by atoms with E-state index in [-0.39, 0.29) is 11.1 Å². The molecule has 0 amide bonds. The zero-order valence-electron chi connectivity index (χ0n) is 19.2. The molecule has 2 unspecified atom stereocenters. The number of ketones is 2. The lowest BCUT2D eigenvalue weighted by molar-refractivity contribution is -0.274. The number of hydrogen-bond acceptors (Lipinski definition) is 7. The van der Waals surface area contributed by atoms with Gasteiger partial charge in [-0.15, -0.1) is 13.2 Å². The summed E-state index contributed by atoms with van der Waals surface area (Å²) in [4.78, 5) is 26.5. The topological polar surface area (TPSA) is 113 Å². The highest BCUT2D eigenvalue weighted by molar-refractivity contribution is 9.10. The molecule has 0 saturated carbocycles. The molecule has 3 aromatic rings. The summed E-state index contributed by atoms with van der Waals surface area (Å²) < 4.78 is 74.4. The summed E-state index contributed by atoms with van der Waals surface area (Å²) in [6.45, 7) is -0.496. The van der Waals surface area contributed by atoms with Crippen LogP contribution in [0.5, 0.6) is 11.5 Å². The number of rotatable bonds is 10. The molecule has 0 fully saturated rings. The first-order chi connectivity index (χ1) is 17.4. The number of Topliss-reactive ketones (excluding diaryl/α,β-unsaturated/α-hetero) is 2. The maximum absolute atomic E-state index is 13.7. The van der Waals surface area contributed by atoms with Gasteiger partial charge in [0.25, 0.3) is 0 Å². The minimum Gasteiger partial charge on any atom is -0.497 e.